The average Bonchev–Trinajstić information content (AvgIpc) is 3.28. The number of nitrogens with one attached hydrogen (secondary N) is 2. The van der Waals surface area contributed by atoms with E-state index in [4.69, 9.17) is 5.11 Å². The van der Waals surface area contributed by atoms with Crippen molar-refractivity contribution in [2.75, 3.05) is 31.6 Å². The van der Waals surface area contributed by atoms with Gasteiger partial charge in [-0.2, -0.15) is 0 Å². The number of aliphatic hydroxyl groups excluding tert-OH is 1. The minimum atomic E-state index is -0.669. The summed E-state index contributed by atoms with van der Waals surface area (Å²) in [6, 6.07) is 13.6. The Kier molecular flexibility index (Phi) is 6.23. The maximum Gasteiger partial charge on any atom is 0.295 e. The van der Waals surface area contributed by atoms with Crippen molar-refractivity contribution < 1.29 is 24.3 Å². The van der Waals surface area contributed by atoms with Crippen molar-refractivity contribution in [3.63, 3.8) is 0 Å². The van der Waals surface area contributed by atoms with Gasteiger partial charge in [-0.05, 0) is 25.1 Å². The average molecular weight is 448 g/mol. The largest absolute Gasteiger partial charge is 0.387 e. The number of piperazine rings is 1. The predicted octanol–water partition coefficient (Wildman–Crippen LogP) is 1.65. The van der Waals surface area contributed by atoms with Crippen LogP contribution in [0.4, 0.5) is 5.69 Å². The van der Waals surface area contributed by atoms with Crippen LogP contribution in [0.5, 0.6) is 0 Å². The van der Waals surface area contributed by atoms with Crippen LogP contribution in [-0.4, -0.2) is 75.7 Å². The molecule has 3 aromatic rings. The Morgan fingerprint density at radius 2 is 1.82 bits per heavy atom. The number of fused-ring (bicyclic) bond motifs is 1. The number of anilines is 1. The first kappa shape index (κ1) is 22.2. The van der Waals surface area contributed by atoms with Crippen LogP contribution in [0.1, 0.15) is 27.6 Å². The first-order chi connectivity index (χ1) is 15.9. The summed E-state index contributed by atoms with van der Waals surface area (Å²) in [6.07, 6.45) is 1.44. The SMILES string of the molecule is CC1CN(C(=O)c2ccccc2)CCN1C(=O)C(=O)c1c[nH]c2c(NC(=O)CO)cccc12. The van der Waals surface area contributed by atoms with Crippen LogP contribution in [0, 0.1) is 0 Å². The number of H-pyrrole nitrogens is 1. The number of benzene rings is 2. The summed E-state index contributed by atoms with van der Waals surface area (Å²) in [7, 11) is 0. The molecule has 2 aromatic carbocycles. The molecule has 2 heterocycles. The molecule has 1 saturated heterocycles. The van der Waals surface area contributed by atoms with E-state index in [-0.39, 0.29) is 24.1 Å². The van der Waals surface area contributed by atoms with Gasteiger partial charge in [0, 0.05) is 42.8 Å². The van der Waals surface area contributed by atoms with Gasteiger partial charge in [0.2, 0.25) is 5.91 Å². The number of nitrogens with zero attached hydrogens (tertiary/aromatic N) is 2. The van der Waals surface area contributed by atoms with Crippen LogP contribution in [0.15, 0.2) is 54.7 Å². The molecule has 9 heteroatoms. The number of carbonyl (C=O) groups excluding carboxylic acids is 4. The zero-order valence-electron chi connectivity index (χ0n) is 18.1. The number of hydrogen-bond donors (Lipinski definition) is 3. The van der Waals surface area contributed by atoms with Crippen LogP contribution in [0.25, 0.3) is 10.9 Å². The Balaban J connectivity index is 1.49. The smallest absolute Gasteiger partial charge is 0.295 e. The maximum absolute atomic E-state index is 13.1. The van der Waals surface area contributed by atoms with E-state index < -0.39 is 24.2 Å². The second-order valence-electron chi connectivity index (χ2n) is 7.93. The summed E-state index contributed by atoms with van der Waals surface area (Å²) in [5.41, 5.74) is 1.68. The molecule has 1 fully saturated rings. The van der Waals surface area contributed by atoms with Crippen LogP contribution < -0.4 is 5.32 Å². The molecule has 3 amide bonds. The third kappa shape index (κ3) is 4.35. The Labute approximate surface area is 190 Å². The van der Waals surface area contributed by atoms with E-state index in [9.17, 15) is 19.2 Å². The molecule has 3 N–H and O–H groups in total. The van der Waals surface area contributed by atoms with Gasteiger partial charge in [0.1, 0.15) is 6.61 Å². The number of rotatable bonds is 5. The molecular formula is C24H24N4O5. The topological polar surface area (TPSA) is 123 Å². The van der Waals surface area contributed by atoms with Gasteiger partial charge in [-0.15, -0.1) is 0 Å². The number of hydrogen-bond acceptors (Lipinski definition) is 5. The van der Waals surface area contributed by atoms with E-state index in [1.165, 1.54) is 11.1 Å². The zero-order chi connectivity index (χ0) is 23.5. The summed E-state index contributed by atoms with van der Waals surface area (Å²) >= 11 is 0. The Morgan fingerprint density at radius 3 is 2.52 bits per heavy atom. The lowest BCUT2D eigenvalue weighted by molar-refractivity contribution is -0.130. The van der Waals surface area contributed by atoms with Gasteiger partial charge in [-0.1, -0.05) is 30.3 Å². The Morgan fingerprint density at radius 1 is 1.06 bits per heavy atom. The molecule has 170 valence electrons. The highest BCUT2D eigenvalue weighted by molar-refractivity contribution is 6.45. The normalized spacial score (nSPS) is 16.0. The number of amides is 3. The first-order valence-corrected chi connectivity index (χ1v) is 10.6. The number of ketones is 1. The van der Waals surface area contributed by atoms with Crippen molar-refractivity contribution in [3.8, 4) is 0 Å². The number of carbonyl (C=O) groups is 4. The molecule has 0 saturated carbocycles. The van der Waals surface area contributed by atoms with Crippen LogP contribution >= 0.6 is 0 Å². The molecule has 0 aliphatic carbocycles. The number of aromatic nitrogens is 1. The molecule has 1 atom stereocenters. The number of aromatic amines is 1. The van der Waals surface area contributed by atoms with E-state index in [1.54, 1.807) is 47.4 Å². The fraction of sp³-hybridized carbons (Fsp3) is 0.250. The molecule has 1 aromatic heterocycles. The van der Waals surface area contributed by atoms with E-state index in [2.05, 4.69) is 10.3 Å². The van der Waals surface area contributed by atoms with Crippen molar-refractivity contribution in [2.45, 2.75) is 13.0 Å². The van der Waals surface area contributed by atoms with Gasteiger partial charge < -0.3 is 25.2 Å². The second kappa shape index (κ2) is 9.25. The lowest BCUT2D eigenvalue weighted by atomic mass is 10.1. The number of para-hydroxylation sites is 1. The number of aliphatic hydroxyl groups is 1. The molecule has 1 aliphatic heterocycles. The highest BCUT2D eigenvalue weighted by atomic mass is 16.3. The number of Topliss-reactive ketones (excluding diaryl/α,β-unsaturated/α-hetero) is 1. The minimum absolute atomic E-state index is 0.102. The van der Waals surface area contributed by atoms with Crippen LogP contribution in [-0.2, 0) is 9.59 Å². The fourth-order valence-electron chi connectivity index (χ4n) is 4.09. The van der Waals surface area contributed by atoms with Gasteiger partial charge in [-0.3, -0.25) is 19.2 Å². The van der Waals surface area contributed by atoms with Gasteiger partial charge >= 0.3 is 0 Å². The van der Waals surface area contributed by atoms with E-state index in [0.29, 0.717) is 35.2 Å². The van der Waals surface area contributed by atoms with Gasteiger partial charge in [0.15, 0.2) is 0 Å². The molecule has 1 unspecified atom stereocenters. The van der Waals surface area contributed by atoms with E-state index >= 15 is 0 Å². The first-order valence-electron chi connectivity index (χ1n) is 10.6. The third-order valence-corrected chi connectivity index (χ3v) is 5.77. The standard InChI is InChI=1S/C24H24N4O5/c1-15-13-27(23(32)16-6-3-2-4-7-16)10-11-28(15)24(33)22(31)18-12-25-21-17(18)8-5-9-19(21)26-20(30)14-29/h2-9,12,15,25,29H,10-11,13-14H2,1H3,(H,26,30). The van der Waals surface area contributed by atoms with Crippen molar-refractivity contribution in [1.29, 1.82) is 0 Å². The summed E-state index contributed by atoms with van der Waals surface area (Å²) in [5, 5.41) is 12.0. The van der Waals surface area contributed by atoms with Crippen molar-refractivity contribution in [3.05, 3.63) is 65.9 Å². The van der Waals surface area contributed by atoms with E-state index in [0.717, 1.165) is 0 Å². The fourth-order valence-corrected chi connectivity index (χ4v) is 4.09. The lowest BCUT2D eigenvalue weighted by Crippen LogP contribution is -2.56. The highest BCUT2D eigenvalue weighted by Crippen LogP contribution is 2.26. The van der Waals surface area contributed by atoms with Gasteiger partial charge in [-0.25, -0.2) is 0 Å². The summed E-state index contributed by atoms with van der Waals surface area (Å²) < 4.78 is 0. The third-order valence-electron chi connectivity index (χ3n) is 5.77. The molecule has 33 heavy (non-hydrogen) atoms. The summed E-state index contributed by atoms with van der Waals surface area (Å²) in [6.45, 7) is 2.07. The highest BCUT2D eigenvalue weighted by Gasteiger charge is 2.34. The zero-order valence-corrected chi connectivity index (χ0v) is 18.1. The quantitative estimate of drug-likeness (QED) is 0.405. The summed E-state index contributed by atoms with van der Waals surface area (Å²) in [4.78, 5) is 56.5. The molecule has 4 rings (SSSR count). The lowest BCUT2D eigenvalue weighted by Gasteiger charge is -2.39. The second-order valence-corrected chi connectivity index (χ2v) is 7.93. The predicted molar refractivity (Wildman–Crippen MR) is 122 cm³/mol. The molecule has 1 aliphatic rings. The van der Waals surface area contributed by atoms with E-state index in [1.807, 2.05) is 13.0 Å². The Hall–Kier alpha value is -3.98. The van der Waals surface area contributed by atoms with Crippen LogP contribution in [0.3, 0.4) is 0 Å². The van der Waals surface area contributed by atoms with Crippen molar-refractivity contribution in [1.82, 2.24) is 14.8 Å². The monoisotopic (exact) mass is 448 g/mol. The molecule has 0 radical (unpaired) electrons. The van der Waals surface area contributed by atoms with Crippen LogP contribution in [0.2, 0.25) is 0 Å². The van der Waals surface area contributed by atoms with Crippen molar-refractivity contribution >= 4 is 40.1 Å². The van der Waals surface area contributed by atoms with Gasteiger partial charge in [0.05, 0.1) is 16.8 Å². The Bertz CT molecular complexity index is 1220. The molecule has 0 bridgehead atoms. The minimum Gasteiger partial charge on any atom is -0.387 e. The summed E-state index contributed by atoms with van der Waals surface area (Å²) in [5.74, 6) is -1.99. The molecular weight excluding hydrogens is 424 g/mol. The maximum atomic E-state index is 13.1. The molecule has 0 spiro atoms. The molecule has 9 nitrogen and oxygen atoms in total. The van der Waals surface area contributed by atoms with Crippen molar-refractivity contribution in [2.24, 2.45) is 0 Å². The van der Waals surface area contributed by atoms with Gasteiger partial charge in [0.25, 0.3) is 17.6 Å².